The maximum Gasteiger partial charge on any atom is 0.414 e. The van der Waals surface area contributed by atoms with Gasteiger partial charge < -0.3 is 24.6 Å². The van der Waals surface area contributed by atoms with Crippen molar-refractivity contribution in [3.8, 4) is 5.75 Å². The molecule has 2 aromatic carbocycles. The van der Waals surface area contributed by atoms with Gasteiger partial charge in [0.05, 0.1) is 35.4 Å². The molecule has 3 aromatic rings. The first-order valence-electron chi connectivity index (χ1n) is 18.8. The van der Waals surface area contributed by atoms with E-state index in [9.17, 15) is 18.6 Å². The van der Waals surface area contributed by atoms with E-state index in [1.54, 1.807) is 52.3 Å². The van der Waals surface area contributed by atoms with Crippen molar-refractivity contribution < 1.29 is 37.6 Å². The Bertz CT molecular complexity index is 2260. The highest BCUT2D eigenvalue weighted by Gasteiger charge is 2.44. The van der Waals surface area contributed by atoms with Crippen LogP contribution in [0.1, 0.15) is 70.1 Å². The van der Waals surface area contributed by atoms with Crippen LogP contribution in [0.4, 0.5) is 5.69 Å². The van der Waals surface area contributed by atoms with Crippen molar-refractivity contribution in [2.45, 2.75) is 63.6 Å². The lowest BCUT2D eigenvalue weighted by Gasteiger charge is -2.46. The van der Waals surface area contributed by atoms with E-state index in [2.05, 4.69) is 29.9 Å². The molecule has 296 valence electrons. The molecule has 1 spiro atoms. The second kappa shape index (κ2) is 16.0. The highest BCUT2D eigenvalue weighted by atomic mass is 35.5. The zero-order valence-electron chi connectivity index (χ0n) is 31.9. The topological polar surface area (TPSA) is 178 Å². The van der Waals surface area contributed by atoms with E-state index in [1.165, 1.54) is 22.0 Å². The Balaban J connectivity index is 1.34. The third-order valence-corrected chi connectivity index (χ3v) is 13.8. The summed E-state index contributed by atoms with van der Waals surface area (Å²) in [5, 5.41) is 4.92. The van der Waals surface area contributed by atoms with Crippen molar-refractivity contribution in [2.24, 2.45) is 29.2 Å². The molecule has 0 radical (unpaired) electrons. The molecule has 4 aliphatic rings. The van der Waals surface area contributed by atoms with E-state index in [0.29, 0.717) is 42.4 Å². The number of nitrogens with zero attached hydrogens (tertiary/aromatic N) is 6. The Kier molecular flexibility index (Phi) is 11.2. The van der Waals surface area contributed by atoms with Gasteiger partial charge in [-0.05, 0) is 98.4 Å². The number of anilines is 1. The van der Waals surface area contributed by atoms with Crippen LogP contribution >= 0.6 is 11.6 Å². The smallest absolute Gasteiger partial charge is 0.414 e. The highest BCUT2D eigenvalue weighted by molar-refractivity contribution is 7.92. The normalized spacial score (nSPS) is 29.2. The number of carbonyl (C=O) groups excluding carboxylic acids is 3. The molecule has 1 unspecified atom stereocenters. The van der Waals surface area contributed by atoms with Crippen LogP contribution in [0.25, 0.3) is 5.53 Å². The SMILES string of the molecule is CO[C@H]1/C=C/[C@H](OC(=O)C=[N+]=[N-])[C@H](C)CS(=O)(NC(=O)c2cn(C)nc2C)=NC(=O)c2ccc3c(c2)N(C[C@@H]2CC[C@H]21)C[C@@]1(CCCc2cc(Cl)ccc21)CO3. The number of aromatic nitrogens is 2. The van der Waals surface area contributed by atoms with Crippen molar-refractivity contribution in [1.29, 1.82) is 0 Å². The van der Waals surface area contributed by atoms with Crippen molar-refractivity contribution in [3.63, 3.8) is 0 Å². The average molecular weight is 804 g/mol. The maximum absolute atomic E-state index is 14.9. The minimum Gasteiger partial charge on any atom is -0.490 e. The van der Waals surface area contributed by atoms with Crippen LogP contribution in [-0.4, -0.2) is 87.5 Å². The molecular weight excluding hydrogens is 758 g/mol. The monoisotopic (exact) mass is 803 g/mol. The Hall–Kier alpha value is -4.82. The molecule has 7 atom stereocenters. The number of esters is 1. The van der Waals surface area contributed by atoms with E-state index >= 15 is 0 Å². The molecule has 14 nitrogen and oxygen atoms in total. The highest BCUT2D eigenvalue weighted by Crippen LogP contribution is 2.47. The molecule has 0 saturated heterocycles. The molecule has 2 amide bonds. The van der Waals surface area contributed by atoms with E-state index < -0.39 is 39.7 Å². The van der Waals surface area contributed by atoms with Crippen LogP contribution in [-0.2, 0) is 43.1 Å². The summed E-state index contributed by atoms with van der Waals surface area (Å²) < 4.78 is 41.4. The maximum atomic E-state index is 14.9. The Morgan fingerprint density at radius 2 is 1.98 bits per heavy atom. The van der Waals surface area contributed by atoms with Crippen molar-refractivity contribution >= 4 is 51.2 Å². The van der Waals surface area contributed by atoms with Crippen LogP contribution in [0.3, 0.4) is 0 Å². The molecule has 1 fully saturated rings. The third kappa shape index (κ3) is 8.04. The first-order chi connectivity index (χ1) is 26.8. The minimum absolute atomic E-state index is 0.113. The summed E-state index contributed by atoms with van der Waals surface area (Å²) in [6.45, 7) is 5.02. The molecule has 1 saturated carbocycles. The Morgan fingerprint density at radius 1 is 1.18 bits per heavy atom. The number of halogens is 1. The van der Waals surface area contributed by atoms with Gasteiger partial charge in [-0.3, -0.25) is 19.0 Å². The molecule has 1 N–H and O–H groups in total. The van der Waals surface area contributed by atoms with Crippen molar-refractivity contribution in [3.05, 3.63) is 93.2 Å². The standard InChI is InChI=1S/C40H46ClN7O7S/c1-24-21-56(52,46-39(51)31-20-47(3)44-25(31)2)45-38(50)27-8-12-36-33(17-27)48(22-40(23-54-36)15-5-6-26-16-29(41)9-11-32(26)40)19-28-7-10-30(28)35(53-4)14-13-34(24)55-37(49)18-43-42/h8-9,11-14,16-18,20,24,28,30,34-35H,5-7,10,15,19,21-23H2,1-4H3,(H,45,46,50,51,52)/b14-13+/t24-,28+,30-,34+,35+,40+,56?/m1/s1. The number of carbonyl (C=O) groups is 3. The third-order valence-electron chi connectivity index (χ3n) is 11.6. The summed E-state index contributed by atoms with van der Waals surface area (Å²) in [7, 11) is -0.592. The number of aryl methyl sites for hydroxylation is 3. The summed E-state index contributed by atoms with van der Waals surface area (Å²) in [4.78, 5) is 45.5. The van der Waals surface area contributed by atoms with Crippen molar-refractivity contribution in [1.82, 2.24) is 14.5 Å². The molecule has 3 heterocycles. The van der Waals surface area contributed by atoms with E-state index in [1.807, 2.05) is 18.2 Å². The van der Waals surface area contributed by atoms with E-state index in [4.69, 9.17) is 31.3 Å². The summed E-state index contributed by atoms with van der Waals surface area (Å²) in [6, 6.07) is 11.2. The fraction of sp³-hybridized carbons (Fsp3) is 0.475. The average Bonchev–Trinajstić information content (AvgIpc) is 3.41. The summed E-state index contributed by atoms with van der Waals surface area (Å²) >= 11 is 6.46. The summed E-state index contributed by atoms with van der Waals surface area (Å²) in [5.74, 6) is -2.65. The number of amides is 2. The van der Waals surface area contributed by atoms with Crippen LogP contribution < -0.4 is 14.4 Å². The van der Waals surface area contributed by atoms with E-state index in [0.717, 1.165) is 37.8 Å². The van der Waals surface area contributed by atoms with Crippen LogP contribution in [0.2, 0.25) is 5.02 Å². The minimum atomic E-state index is -3.89. The van der Waals surface area contributed by atoms with Gasteiger partial charge in [0, 0.05) is 55.4 Å². The lowest BCUT2D eigenvalue weighted by atomic mass is 9.68. The number of ether oxygens (including phenoxy) is 3. The second-order valence-corrected chi connectivity index (χ2v) is 17.9. The lowest BCUT2D eigenvalue weighted by molar-refractivity contribution is -0.143. The van der Waals surface area contributed by atoms with Crippen LogP contribution in [0, 0.1) is 24.7 Å². The zero-order valence-corrected chi connectivity index (χ0v) is 33.4. The fourth-order valence-electron chi connectivity index (χ4n) is 8.72. The predicted octanol–water partition coefficient (Wildman–Crippen LogP) is 5.27. The fourth-order valence-corrected chi connectivity index (χ4v) is 10.8. The van der Waals surface area contributed by atoms with Gasteiger partial charge in [0.2, 0.25) is 0 Å². The molecule has 2 bridgehead atoms. The van der Waals surface area contributed by atoms with Crippen molar-refractivity contribution in [2.75, 3.05) is 37.5 Å². The first kappa shape index (κ1) is 39.4. The number of rotatable bonds is 5. The Labute approximate surface area is 331 Å². The summed E-state index contributed by atoms with van der Waals surface area (Å²) in [5.41, 5.74) is 12.6. The quantitative estimate of drug-likeness (QED) is 0.118. The van der Waals surface area contributed by atoms with Gasteiger partial charge in [0.25, 0.3) is 11.8 Å². The molecule has 56 heavy (non-hydrogen) atoms. The number of hydrogen-bond donors (Lipinski definition) is 1. The first-order valence-corrected chi connectivity index (χ1v) is 20.9. The zero-order chi connectivity index (χ0) is 39.8. The summed E-state index contributed by atoms with van der Waals surface area (Å²) in [6.07, 6.45) is 8.89. The number of nitrogens with one attached hydrogen (secondary N) is 1. The van der Waals surface area contributed by atoms with Crippen LogP contribution in [0.15, 0.2) is 59.1 Å². The van der Waals surface area contributed by atoms with Gasteiger partial charge in [0.1, 0.15) is 21.8 Å². The van der Waals surface area contributed by atoms with Crippen LogP contribution in [0.5, 0.6) is 5.75 Å². The van der Waals surface area contributed by atoms with Gasteiger partial charge in [-0.2, -0.15) is 9.89 Å². The number of methoxy groups -OCH3 is 1. The number of fused-ring (bicyclic) bond motifs is 4. The predicted molar refractivity (Wildman–Crippen MR) is 210 cm³/mol. The van der Waals surface area contributed by atoms with Gasteiger partial charge in [-0.25, -0.2) is 9.00 Å². The molecule has 2 aliphatic carbocycles. The van der Waals surface area contributed by atoms with Gasteiger partial charge >= 0.3 is 12.2 Å². The largest absolute Gasteiger partial charge is 0.490 e. The molecule has 1 aromatic heterocycles. The molecule has 7 rings (SSSR count). The lowest BCUT2D eigenvalue weighted by Crippen LogP contribution is -2.49. The molecule has 2 aliphatic heterocycles. The molecular formula is C40H46ClN7O7S. The second-order valence-electron chi connectivity index (χ2n) is 15.4. The molecule has 16 heteroatoms. The number of hydrogen-bond acceptors (Lipinski definition) is 9. The van der Waals surface area contributed by atoms with E-state index in [-0.39, 0.29) is 40.2 Å². The number of benzene rings is 2. The van der Waals surface area contributed by atoms with Gasteiger partial charge in [-0.1, -0.05) is 30.7 Å². The van der Waals surface area contributed by atoms with Gasteiger partial charge in [0.15, 0.2) is 0 Å². The van der Waals surface area contributed by atoms with Gasteiger partial charge in [-0.15, -0.1) is 4.36 Å². The Morgan fingerprint density at radius 3 is 2.70 bits per heavy atom.